The molecule has 0 spiro atoms. The van der Waals surface area contributed by atoms with Gasteiger partial charge >= 0.3 is 14.2 Å². The molecule has 0 fully saturated rings. The van der Waals surface area contributed by atoms with Gasteiger partial charge in [0.1, 0.15) is 11.6 Å². The van der Waals surface area contributed by atoms with Crippen LogP contribution in [-0.4, -0.2) is 77.1 Å². The van der Waals surface area contributed by atoms with Crippen molar-refractivity contribution in [2.24, 2.45) is 0 Å². The van der Waals surface area contributed by atoms with Gasteiger partial charge in [-0.15, -0.1) is 0 Å². The Morgan fingerprint density at radius 3 is 2.06 bits per heavy atom. The van der Waals surface area contributed by atoms with Crippen LogP contribution in [0.1, 0.15) is 31.8 Å². The van der Waals surface area contributed by atoms with E-state index in [1.807, 2.05) is 0 Å². The zero-order valence-electron chi connectivity index (χ0n) is 17.7. The molecule has 0 aromatic heterocycles. The minimum Gasteiger partial charge on any atom is -0.423 e. The van der Waals surface area contributed by atoms with E-state index < -0.39 is 56.1 Å². The maximum atomic E-state index is 14.9. The van der Waals surface area contributed by atoms with Crippen molar-refractivity contribution in [1.82, 2.24) is 10.2 Å². The predicted molar refractivity (Wildman–Crippen MR) is 114 cm³/mol. The predicted octanol–water partition coefficient (Wildman–Crippen LogP) is -2.42. The van der Waals surface area contributed by atoms with E-state index in [1.54, 1.807) is 0 Å². The third-order valence-electron chi connectivity index (χ3n) is 5.64. The average molecular weight is 476 g/mol. The van der Waals surface area contributed by atoms with Crippen molar-refractivity contribution in [3.8, 4) is 0 Å². The number of hydrogen-bond donors (Lipinski definition) is 5. The van der Waals surface area contributed by atoms with Crippen molar-refractivity contribution in [3.05, 3.63) is 58.2 Å². The van der Waals surface area contributed by atoms with Crippen molar-refractivity contribution < 1.29 is 47.9 Å². The molecule has 0 saturated carbocycles. The Morgan fingerprint density at radius 1 is 0.971 bits per heavy atom. The summed E-state index contributed by atoms with van der Waals surface area (Å²) in [5.41, 5.74) is -0.249. The van der Waals surface area contributed by atoms with Crippen LogP contribution in [0.4, 0.5) is 8.78 Å². The topological polar surface area (TPSA) is 149 Å². The van der Waals surface area contributed by atoms with Gasteiger partial charge in [-0.3, -0.25) is 9.59 Å². The van der Waals surface area contributed by atoms with Crippen LogP contribution in [0.5, 0.6) is 0 Å². The number of aliphatic hydroxyl groups excluding tert-OH is 1. The van der Waals surface area contributed by atoms with E-state index in [2.05, 4.69) is 5.32 Å². The molecule has 4 rings (SSSR count). The molecule has 0 aliphatic carbocycles. The Morgan fingerprint density at radius 2 is 1.50 bits per heavy atom. The van der Waals surface area contributed by atoms with Gasteiger partial charge < -0.3 is 39.8 Å². The van der Waals surface area contributed by atoms with Gasteiger partial charge in [-0.05, 0) is 23.3 Å². The molecule has 5 N–H and O–H groups in total. The quantitative estimate of drug-likeness (QED) is 0.219. The molecule has 2 aliphatic heterocycles. The number of aliphatic hydroxyl groups is 2. The SMILES string of the molecule is O=C(NCCN(CC(O)O)C(=O)c1ccc2c(c1F)B(O)OC2)c1ccc2c(c1F)B(O)OC2. The van der Waals surface area contributed by atoms with Gasteiger partial charge in [0.25, 0.3) is 11.8 Å². The standard InChI is InChI=1S/C20H20B2F2N2O8/c23-17-12(3-1-10-8-33-21(31)15(10)17)19(29)25-5-6-26(7-14(27)28)20(30)13-4-2-11-9-34-22(32)16(11)18(13)24/h1-4,14,27-28,31-32H,5-9H2,(H,25,29). The van der Waals surface area contributed by atoms with Gasteiger partial charge in [-0.1, -0.05) is 12.1 Å². The molecule has 2 amide bonds. The van der Waals surface area contributed by atoms with Crippen LogP contribution in [-0.2, 0) is 22.5 Å². The lowest BCUT2D eigenvalue weighted by Crippen LogP contribution is -2.44. The molecule has 2 aromatic carbocycles. The Labute approximate surface area is 193 Å². The molecule has 178 valence electrons. The molecule has 10 nitrogen and oxygen atoms in total. The van der Waals surface area contributed by atoms with E-state index in [-0.39, 0.29) is 42.8 Å². The zero-order valence-corrected chi connectivity index (χ0v) is 17.7. The number of hydrogen-bond acceptors (Lipinski definition) is 8. The summed E-state index contributed by atoms with van der Waals surface area (Å²) in [5, 5.41) is 40.6. The fraction of sp³-hybridized carbons (Fsp3) is 0.300. The molecule has 0 radical (unpaired) electrons. The Bertz CT molecular complexity index is 1140. The number of benzene rings is 2. The van der Waals surface area contributed by atoms with Crippen molar-refractivity contribution >= 4 is 37.0 Å². The average Bonchev–Trinajstić information content (AvgIpc) is 3.36. The second kappa shape index (κ2) is 9.78. The summed E-state index contributed by atoms with van der Waals surface area (Å²) in [6.45, 7) is -1.10. The summed E-state index contributed by atoms with van der Waals surface area (Å²) in [4.78, 5) is 26.3. The number of nitrogens with zero attached hydrogens (tertiary/aromatic N) is 1. The van der Waals surface area contributed by atoms with Gasteiger partial charge in [0.2, 0.25) is 0 Å². The van der Waals surface area contributed by atoms with Gasteiger partial charge in [-0.25, -0.2) is 8.78 Å². The second-order valence-electron chi connectivity index (χ2n) is 7.81. The van der Waals surface area contributed by atoms with Gasteiger partial charge in [0, 0.05) is 24.0 Å². The Hall–Kier alpha value is -2.87. The van der Waals surface area contributed by atoms with Crippen molar-refractivity contribution in [1.29, 1.82) is 0 Å². The first-order chi connectivity index (χ1) is 16.2. The van der Waals surface area contributed by atoms with Crippen LogP contribution < -0.4 is 16.2 Å². The van der Waals surface area contributed by atoms with Crippen molar-refractivity contribution in [2.75, 3.05) is 19.6 Å². The van der Waals surface area contributed by atoms with E-state index >= 15 is 0 Å². The maximum absolute atomic E-state index is 14.9. The number of carbonyl (C=O) groups excluding carboxylic acids is 2. The normalized spacial score (nSPS) is 14.4. The molecule has 0 unspecified atom stereocenters. The lowest BCUT2D eigenvalue weighted by Gasteiger charge is -2.24. The van der Waals surface area contributed by atoms with Crippen LogP contribution in [0.15, 0.2) is 24.3 Å². The number of fused-ring (bicyclic) bond motifs is 2. The van der Waals surface area contributed by atoms with Gasteiger partial charge in [0.05, 0.1) is 30.9 Å². The third-order valence-corrected chi connectivity index (χ3v) is 5.64. The summed E-state index contributed by atoms with van der Waals surface area (Å²) >= 11 is 0. The highest BCUT2D eigenvalue weighted by Crippen LogP contribution is 2.18. The van der Waals surface area contributed by atoms with Crippen LogP contribution in [0, 0.1) is 11.6 Å². The number of halogens is 2. The maximum Gasteiger partial charge on any atom is 0.494 e. The molecule has 0 saturated heterocycles. The molecule has 34 heavy (non-hydrogen) atoms. The van der Waals surface area contributed by atoms with Crippen molar-refractivity contribution in [2.45, 2.75) is 19.5 Å². The molecular formula is C20H20B2F2N2O8. The van der Waals surface area contributed by atoms with Gasteiger partial charge in [-0.2, -0.15) is 0 Å². The fourth-order valence-electron chi connectivity index (χ4n) is 3.94. The molecule has 2 aromatic rings. The second-order valence-corrected chi connectivity index (χ2v) is 7.81. The minimum atomic E-state index is -1.94. The summed E-state index contributed by atoms with van der Waals surface area (Å²) in [6.07, 6.45) is -1.94. The molecular weight excluding hydrogens is 456 g/mol. The van der Waals surface area contributed by atoms with Crippen LogP contribution >= 0.6 is 0 Å². The number of carbonyl (C=O) groups is 2. The lowest BCUT2D eigenvalue weighted by atomic mass is 9.78. The first-order valence-corrected chi connectivity index (χ1v) is 10.3. The van der Waals surface area contributed by atoms with E-state index in [1.165, 1.54) is 24.3 Å². The number of amides is 2. The lowest BCUT2D eigenvalue weighted by molar-refractivity contribution is -0.0564. The van der Waals surface area contributed by atoms with Gasteiger partial charge in [0.15, 0.2) is 6.29 Å². The smallest absolute Gasteiger partial charge is 0.423 e. The molecule has 14 heteroatoms. The highest BCUT2D eigenvalue weighted by Gasteiger charge is 2.35. The number of rotatable bonds is 7. The van der Waals surface area contributed by atoms with E-state index in [0.717, 1.165) is 4.90 Å². The van der Waals surface area contributed by atoms with Crippen LogP contribution in [0.3, 0.4) is 0 Å². The Balaban J connectivity index is 1.46. The highest BCUT2D eigenvalue weighted by atomic mass is 19.1. The summed E-state index contributed by atoms with van der Waals surface area (Å²) in [5.74, 6) is -3.67. The van der Waals surface area contributed by atoms with Crippen molar-refractivity contribution in [3.63, 3.8) is 0 Å². The molecule has 2 aliphatic rings. The minimum absolute atomic E-state index is 0.0122. The summed E-state index contributed by atoms with van der Waals surface area (Å²) in [6, 6.07) is 5.31. The van der Waals surface area contributed by atoms with E-state index in [4.69, 9.17) is 9.31 Å². The Kier molecular flexibility index (Phi) is 6.98. The monoisotopic (exact) mass is 476 g/mol. The molecule has 0 bridgehead atoms. The van der Waals surface area contributed by atoms with E-state index in [0.29, 0.717) is 11.1 Å². The summed E-state index contributed by atoms with van der Waals surface area (Å²) in [7, 11) is -3.00. The molecule has 2 heterocycles. The van der Waals surface area contributed by atoms with E-state index in [9.17, 15) is 38.6 Å². The zero-order chi connectivity index (χ0) is 24.6. The third kappa shape index (κ3) is 4.56. The van der Waals surface area contributed by atoms with Crippen LogP contribution in [0.25, 0.3) is 0 Å². The first-order valence-electron chi connectivity index (χ1n) is 10.3. The highest BCUT2D eigenvalue weighted by molar-refractivity contribution is 6.62. The summed E-state index contributed by atoms with van der Waals surface area (Å²) < 4.78 is 39.4. The largest absolute Gasteiger partial charge is 0.494 e. The number of nitrogens with one attached hydrogen (secondary N) is 1. The first kappa shape index (κ1) is 24.3. The van der Waals surface area contributed by atoms with Crippen LogP contribution in [0.2, 0.25) is 0 Å². The molecule has 0 atom stereocenters. The fourth-order valence-corrected chi connectivity index (χ4v) is 3.94.